The van der Waals surface area contributed by atoms with Crippen molar-refractivity contribution in [2.45, 2.75) is 24.7 Å². The largest absolute Gasteiger partial charge is 0.337 e. The van der Waals surface area contributed by atoms with Crippen LogP contribution in [0.3, 0.4) is 0 Å². The predicted molar refractivity (Wildman–Crippen MR) is 79.9 cm³/mol. The van der Waals surface area contributed by atoms with Gasteiger partial charge < -0.3 is 4.90 Å². The molecule has 23 heavy (non-hydrogen) atoms. The smallest absolute Gasteiger partial charge is 0.242 e. The molecular weight excluding hydrogens is 326 g/mol. The highest BCUT2D eigenvalue weighted by molar-refractivity contribution is 7.84. The summed E-state index contributed by atoms with van der Waals surface area (Å²) < 4.78 is 39.2. The number of carbonyl (C=O) groups is 1. The first-order valence-electron chi connectivity index (χ1n) is 6.73. The molecule has 1 amide bonds. The topological polar surface area (TPSA) is 68.1 Å². The summed E-state index contributed by atoms with van der Waals surface area (Å²) in [5.41, 5.74) is 0.475. The lowest BCUT2D eigenvalue weighted by atomic mass is 10.1. The minimum atomic E-state index is -1.36. The molecule has 1 aromatic heterocycles. The average molecular weight is 342 g/mol. The fraction of sp³-hybridized carbons (Fsp3) is 0.357. The second-order valence-electron chi connectivity index (χ2n) is 5.05. The number of likely N-dealkylation sites (N-methyl/N-ethyl adjacent to an activating group) is 1. The molecule has 0 saturated heterocycles. The number of carbonyl (C=O) groups excluding carboxylic acids is 1. The summed E-state index contributed by atoms with van der Waals surface area (Å²) in [4.78, 5) is 13.7. The Morgan fingerprint density at radius 2 is 2.09 bits per heavy atom. The quantitative estimate of drug-likeness (QED) is 0.826. The van der Waals surface area contributed by atoms with Gasteiger partial charge in [-0.3, -0.25) is 13.6 Å². The zero-order chi connectivity index (χ0) is 17.1. The Kier molecular flexibility index (Phi) is 5.19. The zero-order valence-electron chi connectivity index (χ0n) is 12.9. The van der Waals surface area contributed by atoms with Crippen LogP contribution >= 0.6 is 0 Å². The van der Waals surface area contributed by atoms with Crippen molar-refractivity contribution in [1.29, 1.82) is 0 Å². The third-order valence-electron chi connectivity index (χ3n) is 3.54. The molecule has 1 heterocycles. The van der Waals surface area contributed by atoms with Crippen molar-refractivity contribution in [2.24, 2.45) is 0 Å². The van der Waals surface area contributed by atoms with Crippen molar-refractivity contribution in [3.63, 3.8) is 0 Å². The van der Waals surface area contributed by atoms with E-state index in [1.165, 1.54) is 28.1 Å². The Hall–Kier alpha value is -2.16. The van der Waals surface area contributed by atoms with Crippen LogP contribution in [0.2, 0.25) is 0 Å². The van der Waals surface area contributed by atoms with E-state index in [9.17, 15) is 17.8 Å². The van der Waals surface area contributed by atoms with E-state index in [2.05, 4.69) is 10.2 Å². The van der Waals surface area contributed by atoms with E-state index in [0.717, 1.165) is 12.1 Å². The van der Waals surface area contributed by atoms with Gasteiger partial charge in [0.15, 0.2) is 11.6 Å². The molecule has 0 unspecified atom stereocenters. The van der Waals surface area contributed by atoms with Gasteiger partial charge in [-0.2, -0.15) is 0 Å². The second-order valence-corrected chi connectivity index (χ2v) is 6.32. The number of halogens is 2. The highest BCUT2D eigenvalue weighted by Crippen LogP contribution is 2.21. The van der Waals surface area contributed by atoms with Crippen LogP contribution in [0.15, 0.2) is 29.7 Å². The predicted octanol–water partition coefficient (Wildman–Crippen LogP) is 1.51. The molecule has 0 fully saturated rings. The number of nitrogens with zero attached hydrogens (tertiary/aromatic N) is 4. The van der Waals surface area contributed by atoms with Crippen LogP contribution in [0.5, 0.6) is 0 Å². The summed E-state index contributed by atoms with van der Waals surface area (Å²) in [5, 5.41) is 7.54. The molecule has 0 aliphatic heterocycles. The Morgan fingerprint density at radius 1 is 1.39 bits per heavy atom. The van der Waals surface area contributed by atoms with E-state index in [4.69, 9.17) is 0 Å². The summed E-state index contributed by atoms with van der Waals surface area (Å²) in [6.07, 6.45) is 2.77. The van der Waals surface area contributed by atoms with E-state index in [0.29, 0.717) is 5.56 Å². The van der Waals surface area contributed by atoms with Crippen molar-refractivity contribution < 1.29 is 17.8 Å². The zero-order valence-corrected chi connectivity index (χ0v) is 13.7. The van der Waals surface area contributed by atoms with Crippen molar-refractivity contribution in [2.75, 3.05) is 13.3 Å². The van der Waals surface area contributed by atoms with Gasteiger partial charge in [-0.15, -0.1) is 10.2 Å². The number of rotatable bonds is 5. The van der Waals surface area contributed by atoms with Crippen LogP contribution in [-0.4, -0.2) is 43.1 Å². The Morgan fingerprint density at radius 3 is 2.70 bits per heavy atom. The lowest BCUT2D eigenvalue weighted by Gasteiger charge is -2.25. The first kappa shape index (κ1) is 17.2. The van der Waals surface area contributed by atoms with Gasteiger partial charge in [-0.05, 0) is 24.6 Å². The molecule has 2 aromatic rings. The number of amides is 1. The monoisotopic (exact) mass is 342 g/mol. The first-order valence-corrected chi connectivity index (χ1v) is 8.29. The van der Waals surface area contributed by atoms with E-state index in [1.807, 2.05) is 0 Å². The Labute approximate surface area is 134 Å². The molecule has 6 nitrogen and oxygen atoms in total. The number of benzene rings is 1. The normalized spacial score (nSPS) is 13.6. The van der Waals surface area contributed by atoms with Gasteiger partial charge >= 0.3 is 0 Å². The molecular formula is C14H16F2N4O2S. The molecule has 0 radical (unpaired) electrons. The maximum absolute atomic E-state index is 13.3. The summed E-state index contributed by atoms with van der Waals surface area (Å²) in [7, 11) is 0.193. The summed E-state index contributed by atoms with van der Waals surface area (Å²) in [5.74, 6) is -2.19. The molecule has 9 heteroatoms. The minimum Gasteiger partial charge on any atom is -0.337 e. The highest BCUT2D eigenvalue weighted by atomic mass is 32.2. The molecule has 2 rings (SSSR count). The van der Waals surface area contributed by atoms with Crippen LogP contribution in [0.4, 0.5) is 8.78 Å². The van der Waals surface area contributed by atoms with Gasteiger partial charge in [0.1, 0.15) is 12.9 Å². The molecule has 124 valence electrons. The van der Waals surface area contributed by atoms with E-state index >= 15 is 0 Å². The number of aromatic nitrogens is 3. The maximum atomic E-state index is 13.3. The SMILES string of the molecule is C[C@@H](c1ccc(F)c(F)c1)N(C)C(=O)Cn1cnnc1[S@@](C)=O. The standard InChI is InChI=1S/C14H16F2N4O2S/c1-9(10-4-5-11(15)12(16)6-10)19(2)13(21)7-20-8-17-18-14(20)23(3)22/h4-6,8-9H,7H2,1-3H3/t9-,23+/m0/s1. The lowest BCUT2D eigenvalue weighted by molar-refractivity contribution is -0.132. The minimum absolute atomic E-state index is 0.0908. The third kappa shape index (κ3) is 3.79. The van der Waals surface area contributed by atoms with Crippen LogP contribution in [0.25, 0.3) is 0 Å². The van der Waals surface area contributed by atoms with Crippen LogP contribution in [0.1, 0.15) is 18.5 Å². The van der Waals surface area contributed by atoms with Crippen molar-refractivity contribution >= 4 is 16.7 Å². The van der Waals surface area contributed by atoms with Gasteiger partial charge in [-0.1, -0.05) is 6.07 Å². The van der Waals surface area contributed by atoms with Crippen molar-refractivity contribution in [3.05, 3.63) is 41.7 Å². The Bertz CT molecular complexity index is 750. The van der Waals surface area contributed by atoms with Gasteiger partial charge in [0.05, 0.1) is 16.8 Å². The summed E-state index contributed by atoms with van der Waals surface area (Å²) in [6, 6.07) is 3.06. The van der Waals surface area contributed by atoms with Gasteiger partial charge in [0.25, 0.3) is 0 Å². The second kappa shape index (κ2) is 6.95. The molecule has 0 bridgehead atoms. The molecule has 1 aromatic carbocycles. The van der Waals surface area contributed by atoms with Crippen molar-refractivity contribution in [3.8, 4) is 0 Å². The van der Waals surface area contributed by atoms with Crippen LogP contribution in [-0.2, 0) is 22.1 Å². The first-order chi connectivity index (χ1) is 10.8. The molecule has 0 spiro atoms. The van der Waals surface area contributed by atoms with Gasteiger partial charge in [-0.25, -0.2) is 8.78 Å². The van der Waals surface area contributed by atoms with Gasteiger partial charge in [0, 0.05) is 13.3 Å². The average Bonchev–Trinajstić information content (AvgIpc) is 2.96. The van der Waals surface area contributed by atoms with Crippen LogP contribution < -0.4 is 0 Å². The fourth-order valence-electron chi connectivity index (χ4n) is 2.04. The molecule has 0 aliphatic rings. The maximum Gasteiger partial charge on any atom is 0.242 e. The Balaban J connectivity index is 2.13. The molecule has 2 atom stereocenters. The third-order valence-corrected chi connectivity index (χ3v) is 4.37. The van der Waals surface area contributed by atoms with Gasteiger partial charge in [0.2, 0.25) is 11.1 Å². The van der Waals surface area contributed by atoms with Crippen LogP contribution in [0, 0.1) is 11.6 Å². The van der Waals surface area contributed by atoms with E-state index in [1.54, 1.807) is 14.0 Å². The molecule has 0 aliphatic carbocycles. The van der Waals surface area contributed by atoms with E-state index in [-0.39, 0.29) is 17.6 Å². The lowest BCUT2D eigenvalue weighted by Crippen LogP contribution is -2.33. The van der Waals surface area contributed by atoms with Crippen molar-refractivity contribution in [1.82, 2.24) is 19.7 Å². The number of hydrogen-bond acceptors (Lipinski definition) is 4. The summed E-state index contributed by atoms with van der Waals surface area (Å²) in [6.45, 7) is 1.61. The molecule has 0 saturated carbocycles. The summed E-state index contributed by atoms with van der Waals surface area (Å²) >= 11 is 0. The fourth-order valence-corrected chi connectivity index (χ4v) is 2.65. The number of hydrogen-bond donors (Lipinski definition) is 0. The van der Waals surface area contributed by atoms with E-state index < -0.39 is 28.5 Å². The highest BCUT2D eigenvalue weighted by Gasteiger charge is 2.20. The molecule has 0 N–H and O–H groups in total.